The van der Waals surface area contributed by atoms with Crippen molar-refractivity contribution in [2.75, 3.05) is 6.54 Å². The van der Waals surface area contributed by atoms with E-state index in [1.54, 1.807) is 65.8 Å². The summed E-state index contributed by atoms with van der Waals surface area (Å²) < 4.78 is 16.1. The van der Waals surface area contributed by atoms with Gasteiger partial charge in [-0.05, 0) is 66.5 Å². The lowest BCUT2D eigenvalue weighted by Gasteiger charge is -2.32. The molecule has 0 saturated carbocycles. The average Bonchev–Trinajstić information content (AvgIpc) is 2.61. The molecule has 1 atom stereocenters. The fraction of sp³-hybridized carbons (Fsp3) is 0.591. The number of esters is 1. The number of amides is 2. The molecule has 2 amide bonds. The molecule has 2 N–H and O–H groups in total. The summed E-state index contributed by atoms with van der Waals surface area (Å²) in [6, 6.07) is 7.80. The van der Waals surface area contributed by atoms with E-state index < -0.39 is 35.4 Å². The summed E-state index contributed by atoms with van der Waals surface area (Å²) in [6.45, 7) is 10.3. The molecule has 0 unspecified atom stereocenters. The first-order valence-electron chi connectivity index (χ1n) is 10.00. The Bertz CT molecular complexity index is 707. The van der Waals surface area contributed by atoms with Crippen LogP contribution in [0.3, 0.4) is 0 Å². The van der Waals surface area contributed by atoms with Crippen molar-refractivity contribution in [2.45, 2.75) is 78.2 Å². The van der Waals surface area contributed by atoms with Gasteiger partial charge in [0.15, 0.2) is 0 Å². The molecule has 0 aromatic heterocycles. The van der Waals surface area contributed by atoms with Gasteiger partial charge in [-0.15, -0.1) is 0 Å². The van der Waals surface area contributed by atoms with Crippen LogP contribution >= 0.6 is 0 Å². The number of nitrogens with two attached hydrogens (primary N) is 1. The van der Waals surface area contributed by atoms with Gasteiger partial charge in [0, 0.05) is 0 Å². The van der Waals surface area contributed by atoms with Gasteiger partial charge >= 0.3 is 18.2 Å². The number of hydrogen-bond acceptors (Lipinski definition) is 7. The van der Waals surface area contributed by atoms with Crippen LogP contribution in [0.1, 0.15) is 59.9 Å². The highest BCUT2D eigenvalue weighted by Gasteiger charge is 2.40. The van der Waals surface area contributed by atoms with Crippen molar-refractivity contribution in [3.05, 3.63) is 35.9 Å². The van der Waals surface area contributed by atoms with E-state index in [1.807, 2.05) is 6.07 Å². The normalized spacial score (nSPS) is 12.6. The van der Waals surface area contributed by atoms with E-state index in [0.717, 1.165) is 5.56 Å². The molecular weight excluding hydrogens is 388 g/mol. The summed E-state index contributed by atoms with van der Waals surface area (Å²) in [5, 5.41) is 0. The molecule has 8 heteroatoms. The molecule has 0 radical (unpaired) electrons. The number of ether oxygens (including phenoxy) is 3. The fourth-order valence-electron chi connectivity index (χ4n) is 2.46. The lowest BCUT2D eigenvalue weighted by atomic mass is 10.1. The zero-order valence-electron chi connectivity index (χ0n) is 18.8. The summed E-state index contributed by atoms with van der Waals surface area (Å²) in [4.78, 5) is 39.3. The van der Waals surface area contributed by atoms with Crippen molar-refractivity contribution < 1.29 is 28.6 Å². The molecule has 0 aliphatic rings. The van der Waals surface area contributed by atoms with Gasteiger partial charge in [-0.3, -0.25) is 0 Å². The third kappa shape index (κ3) is 9.26. The second-order valence-electron chi connectivity index (χ2n) is 8.87. The third-order valence-electron chi connectivity index (χ3n) is 3.66. The van der Waals surface area contributed by atoms with Crippen molar-refractivity contribution in [1.29, 1.82) is 0 Å². The van der Waals surface area contributed by atoms with Crippen molar-refractivity contribution in [2.24, 2.45) is 5.73 Å². The predicted octanol–water partition coefficient (Wildman–Crippen LogP) is 4.01. The third-order valence-corrected chi connectivity index (χ3v) is 3.66. The van der Waals surface area contributed by atoms with Crippen LogP contribution in [0.2, 0.25) is 0 Å². The number of carbonyl (C=O) groups excluding carboxylic acids is 3. The smallest absolute Gasteiger partial charge is 0.420 e. The van der Waals surface area contributed by atoms with Gasteiger partial charge in [0.2, 0.25) is 0 Å². The van der Waals surface area contributed by atoms with Crippen LogP contribution in [0.4, 0.5) is 9.59 Å². The predicted molar refractivity (Wildman–Crippen MR) is 113 cm³/mol. The Morgan fingerprint density at radius 3 is 2.00 bits per heavy atom. The summed E-state index contributed by atoms with van der Waals surface area (Å²) in [7, 11) is 0. The zero-order chi connectivity index (χ0) is 22.9. The van der Waals surface area contributed by atoms with Crippen molar-refractivity contribution >= 4 is 18.2 Å². The monoisotopic (exact) mass is 422 g/mol. The first-order chi connectivity index (χ1) is 13.8. The minimum absolute atomic E-state index is 0.0586. The fourth-order valence-corrected chi connectivity index (χ4v) is 2.46. The van der Waals surface area contributed by atoms with Gasteiger partial charge in [-0.1, -0.05) is 30.3 Å². The SMILES string of the molecule is CC(C)(C)OC(=O)[C@H](CCCN)N(C(=O)OCc1ccccc1)C(=O)OC(C)(C)C. The Morgan fingerprint density at radius 1 is 0.933 bits per heavy atom. The Kier molecular flexibility index (Phi) is 9.29. The summed E-state index contributed by atoms with van der Waals surface area (Å²) in [5.74, 6) is -0.724. The van der Waals surface area contributed by atoms with E-state index in [-0.39, 0.29) is 19.6 Å². The maximum Gasteiger partial charge on any atom is 0.420 e. The van der Waals surface area contributed by atoms with Crippen LogP contribution in [0.5, 0.6) is 0 Å². The van der Waals surface area contributed by atoms with E-state index in [1.165, 1.54) is 0 Å². The molecule has 168 valence electrons. The first-order valence-corrected chi connectivity index (χ1v) is 10.00. The Labute approximate surface area is 178 Å². The van der Waals surface area contributed by atoms with E-state index in [0.29, 0.717) is 11.3 Å². The van der Waals surface area contributed by atoms with E-state index in [4.69, 9.17) is 19.9 Å². The van der Waals surface area contributed by atoms with Gasteiger partial charge in [-0.25, -0.2) is 14.4 Å². The van der Waals surface area contributed by atoms with Crippen LogP contribution in [0.15, 0.2) is 30.3 Å². The minimum Gasteiger partial charge on any atom is -0.458 e. The van der Waals surface area contributed by atoms with Crippen LogP contribution in [-0.4, -0.2) is 46.8 Å². The van der Waals surface area contributed by atoms with E-state index in [2.05, 4.69) is 0 Å². The molecule has 1 aromatic carbocycles. The van der Waals surface area contributed by atoms with Gasteiger partial charge in [0.25, 0.3) is 0 Å². The number of imide groups is 1. The standard InChI is InChI=1S/C22H34N2O6/c1-21(2,3)29-18(25)17(13-10-14-23)24(20(27)30-22(4,5)6)19(26)28-15-16-11-8-7-9-12-16/h7-9,11-12,17H,10,13-15,23H2,1-6H3/t17-/m0/s1. The van der Waals surface area contributed by atoms with Crippen molar-refractivity contribution in [1.82, 2.24) is 4.90 Å². The number of carbonyl (C=O) groups is 3. The second kappa shape index (κ2) is 11.0. The van der Waals surface area contributed by atoms with Gasteiger partial charge in [0.1, 0.15) is 23.9 Å². The highest BCUT2D eigenvalue weighted by atomic mass is 16.6. The lowest BCUT2D eigenvalue weighted by Crippen LogP contribution is -2.52. The van der Waals surface area contributed by atoms with Crippen LogP contribution in [-0.2, 0) is 25.6 Å². The topological polar surface area (TPSA) is 108 Å². The number of benzene rings is 1. The van der Waals surface area contributed by atoms with Crippen LogP contribution in [0.25, 0.3) is 0 Å². The molecule has 0 spiro atoms. The second-order valence-corrected chi connectivity index (χ2v) is 8.87. The van der Waals surface area contributed by atoms with Crippen molar-refractivity contribution in [3.63, 3.8) is 0 Å². The highest BCUT2D eigenvalue weighted by Crippen LogP contribution is 2.20. The van der Waals surface area contributed by atoms with Gasteiger partial charge < -0.3 is 19.9 Å². The summed E-state index contributed by atoms with van der Waals surface area (Å²) in [5.41, 5.74) is 4.66. The maximum absolute atomic E-state index is 12.9. The Hall–Kier alpha value is -2.61. The molecule has 0 aliphatic heterocycles. The largest absolute Gasteiger partial charge is 0.458 e. The number of rotatable bonds is 7. The van der Waals surface area contributed by atoms with E-state index in [9.17, 15) is 14.4 Å². The average molecular weight is 423 g/mol. The van der Waals surface area contributed by atoms with Crippen molar-refractivity contribution in [3.8, 4) is 0 Å². The molecular formula is C22H34N2O6. The molecule has 8 nitrogen and oxygen atoms in total. The number of nitrogens with zero attached hydrogens (tertiary/aromatic N) is 1. The van der Waals surface area contributed by atoms with E-state index >= 15 is 0 Å². The summed E-state index contributed by atoms with van der Waals surface area (Å²) >= 11 is 0. The minimum atomic E-state index is -1.22. The van der Waals surface area contributed by atoms with Gasteiger partial charge in [-0.2, -0.15) is 4.90 Å². The zero-order valence-corrected chi connectivity index (χ0v) is 18.8. The van der Waals surface area contributed by atoms with Crippen LogP contribution in [0, 0.1) is 0 Å². The molecule has 0 fully saturated rings. The highest BCUT2D eigenvalue weighted by molar-refractivity contribution is 5.94. The lowest BCUT2D eigenvalue weighted by molar-refractivity contribution is -0.161. The molecule has 1 aromatic rings. The quantitative estimate of drug-likeness (QED) is 0.522. The molecule has 0 saturated heterocycles. The van der Waals surface area contributed by atoms with Gasteiger partial charge in [0.05, 0.1) is 0 Å². The Morgan fingerprint density at radius 2 is 1.50 bits per heavy atom. The maximum atomic E-state index is 12.9. The molecule has 0 bridgehead atoms. The molecule has 0 aliphatic carbocycles. The molecule has 0 heterocycles. The van der Waals surface area contributed by atoms with Crippen LogP contribution < -0.4 is 5.73 Å². The first kappa shape index (κ1) is 25.4. The molecule has 1 rings (SSSR count). The molecule has 30 heavy (non-hydrogen) atoms. The number of hydrogen-bond donors (Lipinski definition) is 1. The summed E-state index contributed by atoms with van der Waals surface area (Å²) in [6.07, 6.45) is -1.44. The Balaban J connectivity index is 3.16.